The molecular weight excluding hydrogens is 194 g/mol. The highest BCUT2D eigenvalue weighted by molar-refractivity contribution is 4.72. The van der Waals surface area contributed by atoms with Crippen molar-refractivity contribution in [2.24, 2.45) is 0 Å². The van der Waals surface area contributed by atoms with E-state index in [0.29, 0.717) is 0 Å². The van der Waals surface area contributed by atoms with E-state index in [4.69, 9.17) is 0 Å². The lowest BCUT2D eigenvalue weighted by molar-refractivity contribution is 0.242. The number of hydrogen-bond acceptors (Lipinski definition) is 1. The van der Waals surface area contributed by atoms with Gasteiger partial charge in [-0.1, -0.05) is 51.9 Å². The third kappa shape index (κ3) is 5.89. The molecule has 1 aliphatic heterocycles. The molecule has 1 unspecified atom stereocenters. The summed E-state index contributed by atoms with van der Waals surface area (Å²) in [5, 5.41) is 0. The van der Waals surface area contributed by atoms with Crippen LogP contribution in [0.15, 0.2) is 0 Å². The molecule has 1 atom stereocenters. The summed E-state index contributed by atoms with van der Waals surface area (Å²) in [5.41, 5.74) is 0. The lowest BCUT2D eigenvalue weighted by Crippen LogP contribution is -2.29. The van der Waals surface area contributed by atoms with E-state index in [1.54, 1.807) is 0 Å². The lowest BCUT2D eigenvalue weighted by atomic mass is 10.1. The molecule has 96 valence electrons. The molecule has 1 heterocycles. The van der Waals surface area contributed by atoms with Crippen LogP contribution in [0.2, 0.25) is 0 Å². The van der Waals surface area contributed by atoms with Crippen molar-refractivity contribution in [1.29, 1.82) is 0 Å². The maximum atomic E-state index is 2.68. The Bertz CT molecular complexity index is 150. The van der Waals surface area contributed by atoms with Crippen molar-refractivity contribution in [3.63, 3.8) is 0 Å². The first-order chi connectivity index (χ1) is 7.84. The standard InChI is InChI=1S/C15H31N/c1-3-4-5-6-7-8-9-12-15(2)16-13-10-11-14-16/h15H,3-14H2,1-2H3. The first-order valence-electron chi connectivity index (χ1n) is 7.58. The molecule has 0 bridgehead atoms. The topological polar surface area (TPSA) is 3.24 Å². The molecule has 0 N–H and O–H groups in total. The van der Waals surface area contributed by atoms with E-state index >= 15 is 0 Å². The average molecular weight is 225 g/mol. The van der Waals surface area contributed by atoms with Gasteiger partial charge in [0.05, 0.1) is 0 Å². The molecule has 0 radical (unpaired) electrons. The van der Waals surface area contributed by atoms with Crippen molar-refractivity contribution in [1.82, 2.24) is 4.90 Å². The summed E-state index contributed by atoms with van der Waals surface area (Å²) in [5.74, 6) is 0. The molecule has 1 rings (SSSR count). The molecule has 1 aliphatic rings. The predicted molar refractivity (Wildman–Crippen MR) is 72.9 cm³/mol. The minimum Gasteiger partial charge on any atom is -0.301 e. The largest absolute Gasteiger partial charge is 0.301 e. The van der Waals surface area contributed by atoms with E-state index < -0.39 is 0 Å². The molecule has 0 saturated carbocycles. The van der Waals surface area contributed by atoms with Crippen LogP contribution in [0.3, 0.4) is 0 Å². The number of nitrogens with zero attached hydrogens (tertiary/aromatic N) is 1. The van der Waals surface area contributed by atoms with Crippen molar-refractivity contribution in [2.75, 3.05) is 13.1 Å². The highest BCUT2D eigenvalue weighted by Gasteiger charge is 2.16. The highest BCUT2D eigenvalue weighted by atomic mass is 15.2. The van der Waals surface area contributed by atoms with Gasteiger partial charge in [0.25, 0.3) is 0 Å². The third-order valence-electron chi connectivity index (χ3n) is 3.99. The molecule has 1 heteroatoms. The van der Waals surface area contributed by atoms with Crippen LogP contribution in [-0.4, -0.2) is 24.0 Å². The van der Waals surface area contributed by atoms with Crippen molar-refractivity contribution in [3.8, 4) is 0 Å². The maximum Gasteiger partial charge on any atom is 0.00669 e. The van der Waals surface area contributed by atoms with Gasteiger partial charge < -0.3 is 4.90 Å². The smallest absolute Gasteiger partial charge is 0.00669 e. The summed E-state index contributed by atoms with van der Waals surface area (Å²) in [6.07, 6.45) is 14.4. The lowest BCUT2D eigenvalue weighted by Gasteiger charge is -2.23. The van der Waals surface area contributed by atoms with Gasteiger partial charge in [0.1, 0.15) is 0 Å². The van der Waals surface area contributed by atoms with Crippen LogP contribution in [-0.2, 0) is 0 Å². The van der Waals surface area contributed by atoms with Gasteiger partial charge in [0, 0.05) is 6.04 Å². The molecule has 0 aliphatic carbocycles. The second-order valence-electron chi connectivity index (χ2n) is 5.50. The Labute approximate surface area is 103 Å². The SMILES string of the molecule is CCCCCCCCCC(C)N1CCCC1. The first-order valence-corrected chi connectivity index (χ1v) is 7.58. The Balaban J connectivity index is 1.86. The molecule has 1 saturated heterocycles. The zero-order valence-corrected chi connectivity index (χ0v) is 11.5. The minimum absolute atomic E-state index is 0.846. The van der Waals surface area contributed by atoms with Crippen molar-refractivity contribution in [2.45, 2.75) is 84.1 Å². The molecule has 0 amide bonds. The third-order valence-corrected chi connectivity index (χ3v) is 3.99. The fraction of sp³-hybridized carbons (Fsp3) is 1.00. The van der Waals surface area contributed by atoms with Gasteiger partial charge in [-0.25, -0.2) is 0 Å². The Morgan fingerprint density at radius 2 is 1.44 bits per heavy atom. The van der Waals surface area contributed by atoms with E-state index in [9.17, 15) is 0 Å². The summed E-state index contributed by atoms with van der Waals surface area (Å²) in [7, 11) is 0. The van der Waals surface area contributed by atoms with E-state index in [2.05, 4.69) is 18.7 Å². The Morgan fingerprint density at radius 3 is 2.06 bits per heavy atom. The second-order valence-corrected chi connectivity index (χ2v) is 5.50. The second kappa shape index (κ2) is 9.04. The zero-order valence-electron chi connectivity index (χ0n) is 11.5. The first kappa shape index (κ1) is 14.0. The monoisotopic (exact) mass is 225 g/mol. The van der Waals surface area contributed by atoms with Gasteiger partial charge in [0.15, 0.2) is 0 Å². The minimum atomic E-state index is 0.846. The number of hydrogen-bond donors (Lipinski definition) is 0. The molecule has 1 nitrogen and oxygen atoms in total. The molecule has 0 aromatic rings. The summed E-state index contributed by atoms with van der Waals surface area (Å²) < 4.78 is 0. The Kier molecular flexibility index (Phi) is 7.92. The Morgan fingerprint density at radius 1 is 0.875 bits per heavy atom. The van der Waals surface area contributed by atoms with Gasteiger partial charge >= 0.3 is 0 Å². The van der Waals surface area contributed by atoms with Gasteiger partial charge in [-0.2, -0.15) is 0 Å². The normalized spacial score (nSPS) is 19.1. The van der Waals surface area contributed by atoms with Crippen LogP contribution in [0.4, 0.5) is 0 Å². The van der Waals surface area contributed by atoms with Crippen LogP contribution in [0.1, 0.15) is 78.1 Å². The molecule has 16 heavy (non-hydrogen) atoms. The van der Waals surface area contributed by atoms with E-state index in [1.165, 1.54) is 77.3 Å². The fourth-order valence-corrected chi connectivity index (χ4v) is 2.76. The van der Waals surface area contributed by atoms with Crippen molar-refractivity contribution >= 4 is 0 Å². The van der Waals surface area contributed by atoms with E-state index in [1.807, 2.05) is 0 Å². The van der Waals surface area contributed by atoms with Crippen LogP contribution in [0, 0.1) is 0 Å². The molecule has 0 aromatic heterocycles. The summed E-state index contributed by atoms with van der Waals surface area (Å²) in [4.78, 5) is 2.68. The number of rotatable bonds is 9. The summed E-state index contributed by atoms with van der Waals surface area (Å²) in [6.45, 7) is 7.43. The Hall–Kier alpha value is -0.0400. The van der Waals surface area contributed by atoms with Crippen LogP contribution in [0.5, 0.6) is 0 Å². The van der Waals surface area contributed by atoms with Crippen molar-refractivity contribution in [3.05, 3.63) is 0 Å². The number of unbranched alkanes of at least 4 members (excludes halogenated alkanes) is 6. The van der Waals surface area contributed by atoms with Gasteiger partial charge in [-0.15, -0.1) is 0 Å². The highest BCUT2D eigenvalue weighted by Crippen LogP contribution is 2.16. The quantitative estimate of drug-likeness (QED) is 0.518. The molecule has 1 fully saturated rings. The summed E-state index contributed by atoms with van der Waals surface area (Å²) >= 11 is 0. The van der Waals surface area contributed by atoms with Crippen LogP contribution >= 0.6 is 0 Å². The molecule has 0 spiro atoms. The average Bonchev–Trinajstić information content (AvgIpc) is 2.81. The van der Waals surface area contributed by atoms with E-state index in [0.717, 1.165) is 6.04 Å². The van der Waals surface area contributed by atoms with E-state index in [-0.39, 0.29) is 0 Å². The van der Waals surface area contributed by atoms with Crippen molar-refractivity contribution < 1.29 is 0 Å². The van der Waals surface area contributed by atoms with Crippen LogP contribution < -0.4 is 0 Å². The molecular formula is C15H31N. The van der Waals surface area contributed by atoms with Crippen LogP contribution in [0.25, 0.3) is 0 Å². The van der Waals surface area contributed by atoms with Gasteiger partial charge in [-0.05, 0) is 39.3 Å². The predicted octanol–water partition coefficient (Wildman–Crippen LogP) is 4.61. The zero-order chi connectivity index (χ0) is 11.6. The van der Waals surface area contributed by atoms with Gasteiger partial charge in [0.2, 0.25) is 0 Å². The maximum absolute atomic E-state index is 2.68. The number of likely N-dealkylation sites (tertiary alicyclic amines) is 1. The molecule has 0 aromatic carbocycles. The van der Waals surface area contributed by atoms with Gasteiger partial charge in [-0.3, -0.25) is 0 Å². The fourth-order valence-electron chi connectivity index (χ4n) is 2.76. The summed E-state index contributed by atoms with van der Waals surface area (Å²) in [6, 6.07) is 0.846.